The van der Waals surface area contributed by atoms with Crippen molar-refractivity contribution in [3.8, 4) is 0 Å². The standard InChI is InChI=1S/C23H20Cl2FNO2/c1-14(16-9-4-7-15-6-2-3-8-17(15)16)27(22-12-21(22)26)23(28)29-13-18-19(24)10-5-11-20(18)25/h2-11,14,21-22H,12-13H2,1H3/t14-,21?,22?/m0/s1. The predicted octanol–water partition coefficient (Wildman–Crippen LogP) is 6.96. The maximum Gasteiger partial charge on any atom is 0.410 e. The number of alkyl halides is 1. The van der Waals surface area contributed by atoms with E-state index < -0.39 is 18.3 Å². The van der Waals surface area contributed by atoms with E-state index in [0.717, 1.165) is 16.3 Å². The molecule has 6 heteroatoms. The summed E-state index contributed by atoms with van der Waals surface area (Å²) in [6.07, 6.45) is -1.30. The van der Waals surface area contributed by atoms with Crippen LogP contribution in [0.3, 0.4) is 0 Å². The van der Waals surface area contributed by atoms with E-state index in [9.17, 15) is 9.18 Å². The first-order chi connectivity index (χ1) is 14.0. The maximum absolute atomic E-state index is 14.0. The van der Waals surface area contributed by atoms with Gasteiger partial charge in [-0.1, -0.05) is 71.7 Å². The van der Waals surface area contributed by atoms with Crippen LogP contribution in [0.15, 0.2) is 60.7 Å². The fraction of sp³-hybridized carbons (Fsp3) is 0.261. The minimum absolute atomic E-state index is 0.0697. The highest BCUT2D eigenvalue weighted by Crippen LogP contribution is 2.39. The summed E-state index contributed by atoms with van der Waals surface area (Å²) < 4.78 is 19.5. The number of carbonyl (C=O) groups excluding carboxylic acids is 1. The van der Waals surface area contributed by atoms with Crippen LogP contribution in [-0.4, -0.2) is 23.2 Å². The van der Waals surface area contributed by atoms with Crippen molar-refractivity contribution in [2.45, 2.75) is 38.2 Å². The topological polar surface area (TPSA) is 29.5 Å². The van der Waals surface area contributed by atoms with Gasteiger partial charge in [-0.2, -0.15) is 0 Å². The van der Waals surface area contributed by atoms with Crippen LogP contribution < -0.4 is 0 Å². The number of halogens is 3. The molecule has 0 spiro atoms. The summed E-state index contributed by atoms with van der Waals surface area (Å²) in [7, 11) is 0. The lowest BCUT2D eigenvalue weighted by atomic mass is 9.99. The van der Waals surface area contributed by atoms with E-state index in [0.29, 0.717) is 22.0 Å². The Bertz CT molecular complexity index is 1030. The molecule has 0 saturated heterocycles. The molecule has 1 aliphatic carbocycles. The molecule has 3 aromatic rings. The number of carbonyl (C=O) groups is 1. The van der Waals surface area contributed by atoms with Crippen molar-refractivity contribution in [3.63, 3.8) is 0 Å². The maximum atomic E-state index is 14.0. The van der Waals surface area contributed by atoms with E-state index in [4.69, 9.17) is 27.9 Å². The fourth-order valence-corrected chi connectivity index (χ4v) is 4.17. The average molecular weight is 432 g/mol. The summed E-state index contributed by atoms with van der Waals surface area (Å²) in [5, 5.41) is 2.95. The van der Waals surface area contributed by atoms with Crippen molar-refractivity contribution in [1.82, 2.24) is 4.90 Å². The molecule has 1 saturated carbocycles. The van der Waals surface area contributed by atoms with Crippen molar-refractivity contribution in [2.75, 3.05) is 0 Å². The molecule has 0 aromatic heterocycles. The van der Waals surface area contributed by atoms with E-state index >= 15 is 0 Å². The van der Waals surface area contributed by atoms with Crippen molar-refractivity contribution in [3.05, 3.63) is 81.8 Å². The van der Waals surface area contributed by atoms with Gasteiger partial charge in [-0.05, 0) is 35.4 Å². The number of rotatable bonds is 5. The summed E-state index contributed by atoms with van der Waals surface area (Å²) >= 11 is 12.3. The van der Waals surface area contributed by atoms with E-state index in [1.165, 1.54) is 4.90 Å². The first-order valence-electron chi connectivity index (χ1n) is 9.47. The lowest BCUT2D eigenvalue weighted by molar-refractivity contribution is 0.0764. The number of nitrogens with zero attached hydrogens (tertiary/aromatic N) is 1. The van der Waals surface area contributed by atoms with Crippen molar-refractivity contribution in [1.29, 1.82) is 0 Å². The van der Waals surface area contributed by atoms with Gasteiger partial charge in [-0.25, -0.2) is 9.18 Å². The second-order valence-electron chi connectivity index (χ2n) is 7.23. The number of fused-ring (bicyclic) bond motifs is 1. The smallest absolute Gasteiger partial charge is 0.410 e. The van der Waals surface area contributed by atoms with E-state index in [-0.39, 0.29) is 12.6 Å². The van der Waals surface area contributed by atoms with E-state index in [1.807, 2.05) is 49.4 Å². The average Bonchev–Trinajstić information content (AvgIpc) is 3.43. The van der Waals surface area contributed by atoms with E-state index in [1.54, 1.807) is 18.2 Å². The van der Waals surface area contributed by atoms with Gasteiger partial charge in [0.05, 0.1) is 12.1 Å². The van der Waals surface area contributed by atoms with E-state index in [2.05, 4.69) is 0 Å². The summed E-state index contributed by atoms with van der Waals surface area (Å²) in [6.45, 7) is 1.83. The Morgan fingerprint density at radius 3 is 2.41 bits per heavy atom. The van der Waals surface area contributed by atoms with Gasteiger partial charge in [0.1, 0.15) is 12.8 Å². The van der Waals surface area contributed by atoms with Crippen LogP contribution in [0, 0.1) is 0 Å². The molecular weight excluding hydrogens is 412 g/mol. The largest absolute Gasteiger partial charge is 0.444 e. The lowest BCUT2D eigenvalue weighted by Crippen LogP contribution is -2.37. The van der Waals surface area contributed by atoms with Gasteiger partial charge in [-0.3, -0.25) is 4.90 Å². The van der Waals surface area contributed by atoms with Gasteiger partial charge in [0, 0.05) is 22.0 Å². The first kappa shape index (κ1) is 20.0. The summed E-state index contributed by atoms with van der Waals surface area (Å²) in [5.74, 6) is 0. The molecule has 2 unspecified atom stereocenters. The van der Waals surface area contributed by atoms with Crippen molar-refractivity contribution < 1.29 is 13.9 Å². The molecule has 0 bridgehead atoms. The normalized spacial score (nSPS) is 19.0. The highest BCUT2D eigenvalue weighted by atomic mass is 35.5. The molecule has 0 heterocycles. The number of benzene rings is 3. The Labute approximate surface area is 179 Å². The van der Waals surface area contributed by atoms with Crippen LogP contribution in [0.5, 0.6) is 0 Å². The predicted molar refractivity (Wildman–Crippen MR) is 114 cm³/mol. The minimum Gasteiger partial charge on any atom is -0.444 e. The minimum atomic E-state index is -1.04. The Morgan fingerprint density at radius 2 is 1.72 bits per heavy atom. The van der Waals surface area contributed by atoms with Crippen molar-refractivity contribution >= 4 is 40.1 Å². The highest BCUT2D eigenvalue weighted by Gasteiger charge is 2.47. The van der Waals surface area contributed by atoms with Crippen LogP contribution in [-0.2, 0) is 11.3 Å². The quantitative estimate of drug-likeness (QED) is 0.436. The molecular formula is C23H20Cl2FNO2. The summed E-state index contributed by atoms with van der Waals surface area (Å²) in [5.41, 5.74) is 1.49. The van der Waals surface area contributed by atoms with Crippen LogP contribution >= 0.6 is 23.2 Å². The zero-order chi connectivity index (χ0) is 20.5. The van der Waals surface area contributed by atoms with Crippen LogP contribution in [0.25, 0.3) is 10.8 Å². The Hall–Kier alpha value is -2.30. The Morgan fingerprint density at radius 1 is 1.10 bits per heavy atom. The zero-order valence-electron chi connectivity index (χ0n) is 15.8. The third kappa shape index (κ3) is 4.05. The van der Waals surface area contributed by atoms with Crippen LogP contribution in [0.2, 0.25) is 10.0 Å². The van der Waals surface area contributed by atoms with Crippen molar-refractivity contribution in [2.24, 2.45) is 0 Å². The molecule has 0 aliphatic heterocycles. The molecule has 0 N–H and O–H groups in total. The third-order valence-electron chi connectivity index (χ3n) is 5.34. The molecule has 1 fully saturated rings. The molecule has 1 amide bonds. The third-order valence-corrected chi connectivity index (χ3v) is 6.05. The van der Waals surface area contributed by atoms with Gasteiger partial charge < -0.3 is 4.74 Å². The Balaban J connectivity index is 1.60. The number of ether oxygens (including phenoxy) is 1. The van der Waals surface area contributed by atoms with Gasteiger partial charge in [0.15, 0.2) is 0 Å². The van der Waals surface area contributed by atoms with Crippen LogP contribution in [0.4, 0.5) is 9.18 Å². The van der Waals surface area contributed by atoms with Gasteiger partial charge in [0.25, 0.3) is 0 Å². The number of hydrogen-bond donors (Lipinski definition) is 0. The molecule has 4 rings (SSSR count). The molecule has 150 valence electrons. The van der Waals surface area contributed by atoms with Gasteiger partial charge in [-0.15, -0.1) is 0 Å². The molecule has 3 aromatic carbocycles. The second kappa shape index (κ2) is 8.21. The second-order valence-corrected chi connectivity index (χ2v) is 8.04. The lowest BCUT2D eigenvalue weighted by Gasteiger charge is -2.29. The Kier molecular flexibility index (Phi) is 5.66. The zero-order valence-corrected chi connectivity index (χ0v) is 17.3. The fourth-order valence-electron chi connectivity index (χ4n) is 3.66. The summed E-state index contributed by atoms with van der Waals surface area (Å²) in [6, 6.07) is 18.1. The molecule has 0 radical (unpaired) electrons. The van der Waals surface area contributed by atoms with Gasteiger partial charge >= 0.3 is 6.09 Å². The van der Waals surface area contributed by atoms with Crippen LogP contribution in [0.1, 0.15) is 30.5 Å². The first-order valence-corrected chi connectivity index (χ1v) is 10.2. The SMILES string of the molecule is C[C@@H](c1cccc2ccccc12)N(C(=O)OCc1c(Cl)cccc1Cl)C1CC1F. The van der Waals surface area contributed by atoms with Gasteiger partial charge in [0.2, 0.25) is 0 Å². The molecule has 29 heavy (non-hydrogen) atoms. The molecule has 1 aliphatic rings. The molecule has 3 atom stereocenters. The summed E-state index contributed by atoms with van der Waals surface area (Å²) in [4.78, 5) is 14.5. The molecule has 3 nitrogen and oxygen atoms in total. The highest BCUT2D eigenvalue weighted by molar-refractivity contribution is 6.35. The monoisotopic (exact) mass is 431 g/mol. The number of amides is 1. The number of hydrogen-bond acceptors (Lipinski definition) is 2.